The highest BCUT2D eigenvalue weighted by Crippen LogP contribution is 2.26. The molecule has 0 aliphatic carbocycles. The number of halogens is 1. The normalized spacial score (nSPS) is 12.0. The van der Waals surface area contributed by atoms with Crippen LogP contribution >= 0.6 is 34.7 Å². The van der Waals surface area contributed by atoms with Crippen LogP contribution in [0.4, 0.5) is 0 Å². The minimum atomic E-state index is -0.196. The maximum absolute atomic E-state index is 11.9. The lowest BCUT2D eigenvalue weighted by Gasteiger charge is -1.98. The van der Waals surface area contributed by atoms with E-state index in [1.54, 1.807) is 18.7 Å². The summed E-state index contributed by atoms with van der Waals surface area (Å²) in [6.07, 6.45) is 3.87. The largest absolute Gasteiger partial charge is 0.275 e. The number of aryl methyl sites for hydroxylation is 1. The van der Waals surface area contributed by atoms with Gasteiger partial charge in [-0.1, -0.05) is 35.1 Å². The summed E-state index contributed by atoms with van der Waals surface area (Å²) in [7, 11) is 0. The van der Waals surface area contributed by atoms with Gasteiger partial charge in [0, 0.05) is 16.7 Å². The number of fused-ring (bicyclic) bond motifs is 1. The van der Waals surface area contributed by atoms with Gasteiger partial charge < -0.3 is 0 Å². The monoisotopic (exact) mass is 349 g/mol. The van der Waals surface area contributed by atoms with E-state index < -0.39 is 0 Å². The van der Waals surface area contributed by atoms with E-state index in [4.69, 9.17) is 11.6 Å². The van der Waals surface area contributed by atoms with Crippen molar-refractivity contribution >= 4 is 50.8 Å². The zero-order valence-corrected chi connectivity index (χ0v) is 14.3. The van der Waals surface area contributed by atoms with Crippen molar-refractivity contribution in [3.05, 3.63) is 57.0 Å². The van der Waals surface area contributed by atoms with Crippen LogP contribution in [0.15, 0.2) is 40.0 Å². The SMILES string of the molecule is CSc1ccc(/C=C(\Cl)c2nn3c(=O)cc(C)nc3s2)cc1. The van der Waals surface area contributed by atoms with Crippen LogP contribution in [0.2, 0.25) is 0 Å². The zero-order valence-electron chi connectivity index (χ0n) is 11.9. The van der Waals surface area contributed by atoms with Gasteiger partial charge in [-0.05, 0) is 37.0 Å². The van der Waals surface area contributed by atoms with Crippen molar-refractivity contribution in [3.63, 3.8) is 0 Å². The molecule has 0 aliphatic heterocycles. The van der Waals surface area contributed by atoms with Crippen molar-refractivity contribution in [1.29, 1.82) is 0 Å². The third-order valence-electron chi connectivity index (χ3n) is 2.99. The molecule has 0 aliphatic rings. The van der Waals surface area contributed by atoms with Gasteiger partial charge in [0.15, 0.2) is 5.01 Å². The summed E-state index contributed by atoms with van der Waals surface area (Å²) in [4.78, 5) is 17.9. The first-order valence-electron chi connectivity index (χ1n) is 6.46. The molecule has 1 aromatic carbocycles. The van der Waals surface area contributed by atoms with Crippen LogP contribution in [0, 0.1) is 6.92 Å². The number of thioether (sulfide) groups is 1. The van der Waals surface area contributed by atoms with E-state index in [9.17, 15) is 4.79 Å². The first kappa shape index (κ1) is 15.3. The molecule has 22 heavy (non-hydrogen) atoms. The van der Waals surface area contributed by atoms with Gasteiger partial charge in [0.1, 0.15) is 0 Å². The molecule has 0 spiro atoms. The summed E-state index contributed by atoms with van der Waals surface area (Å²) < 4.78 is 1.28. The van der Waals surface area contributed by atoms with E-state index in [-0.39, 0.29) is 5.56 Å². The predicted molar refractivity (Wildman–Crippen MR) is 93.8 cm³/mol. The van der Waals surface area contributed by atoms with E-state index in [0.717, 1.165) is 5.56 Å². The van der Waals surface area contributed by atoms with Gasteiger partial charge in [-0.3, -0.25) is 4.79 Å². The fraction of sp³-hybridized carbons (Fsp3) is 0.133. The van der Waals surface area contributed by atoms with Crippen molar-refractivity contribution in [1.82, 2.24) is 14.6 Å². The predicted octanol–water partition coefficient (Wildman–Crippen LogP) is 3.92. The molecule has 3 rings (SSSR count). The van der Waals surface area contributed by atoms with Crippen LogP contribution in [0.25, 0.3) is 16.1 Å². The lowest BCUT2D eigenvalue weighted by Crippen LogP contribution is -2.14. The van der Waals surface area contributed by atoms with E-state index in [0.29, 0.717) is 20.7 Å². The van der Waals surface area contributed by atoms with Crippen LogP contribution < -0.4 is 5.56 Å². The topological polar surface area (TPSA) is 47.3 Å². The number of hydrogen-bond donors (Lipinski definition) is 0. The standard InChI is InChI=1S/C15H12ClN3OS2/c1-9-7-13(20)19-15(17-9)22-14(18-19)12(16)8-10-3-5-11(21-2)6-4-10/h3-8H,1-2H3/b12-8-. The highest BCUT2D eigenvalue weighted by molar-refractivity contribution is 7.98. The second-order valence-electron chi connectivity index (χ2n) is 4.60. The summed E-state index contributed by atoms with van der Waals surface area (Å²) in [6.45, 7) is 1.78. The second kappa shape index (κ2) is 6.24. The first-order valence-corrected chi connectivity index (χ1v) is 8.88. The Balaban J connectivity index is 2.00. The maximum Gasteiger partial charge on any atom is 0.275 e. The minimum absolute atomic E-state index is 0.196. The van der Waals surface area contributed by atoms with Gasteiger partial charge >= 0.3 is 0 Å². The Hall–Kier alpha value is -1.63. The Labute approximate surface area is 140 Å². The van der Waals surface area contributed by atoms with E-state index in [2.05, 4.69) is 10.1 Å². The highest BCUT2D eigenvalue weighted by atomic mass is 35.5. The molecule has 3 aromatic rings. The van der Waals surface area contributed by atoms with Crippen LogP contribution in [0.1, 0.15) is 16.3 Å². The summed E-state index contributed by atoms with van der Waals surface area (Å²) in [5, 5.41) is 5.30. The summed E-state index contributed by atoms with van der Waals surface area (Å²) in [6, 6.07) is 9.52. The average molecular weight is 350 g/mol. The molecule has 0 fully saturated rings. The Kier molecular flexibility index (Phi) is 4.33. The van der Waals surface area contributed by atoms with Gasteiger partial charge in [-0.2, -0.15) is 9.61 Å². The van der Waals surface area contributed by atoms with Gasteiger partial charge in [0.2, 0.25) is 4.96 Å². The average Bonchev–Trinajstić information content (AvgIpc) is 2.92. The molecule has 0 bridgehead atoms. The Morgan fingerprint density at radius 2 is 2.09 bits per heavy atom. The second-order valence-corrected chi connectivity index (χ2v) is 6.85. The third kappa shape index (κ3) is 3.09. The molecule has 0 radical (unpaired) electrons. The molecule has 0 N–H and O–H groups in total. The van der Waals surface area contributed by atoms with Crippen molar-refractivity contribution in [2.75, 3.05) is 6.26 Å². The number of hydrogen-bond acceptors (Lipinski definition) is 5. The minimum Gasteiger partial charge on any atom is -0.267 e. The van der Waals surface area contributed by atoms with Crippen molar-refractivity contribution in [3.8, 4) is 0 Å². The Morgan fingerprint density at radius 3 is 2.77 bits per heavy atom. The maximum atomic E-state index is 11.9. The molecule has 2 aromatic heterocycles. The number of nitrogens with zero attached hydrogens (tertiary/aromatic N) is 3. The zero-order chi connectivity index (χ0) is 15.7. The van der Waals surface area contributed by atoms with Gasteiger partial charge in [0.25, 0.3) is 5.56 Å². The molecular formula is C15H12ClN3OS2. The summed E-state index contributed by atoms with van der Waals surface area (Å²) in [5.74, 6) is 0. The van der Waals surface area contributed by atoms with Crippen LogP contribution in [-0.2, 0) is 0 Å². The molecule has 112 valence electrons. The van der Waals surface area contributed by atoms with Crippen LogP contribution in [-0.4, -0.2) is 20.9 Å². The number of benzene rings is 1. The number of rotatable bonds is 3. The Bertz CT molecular complexity index is 913. The van der Waals surface area contributed by atoms with Crippen LogP contribution in [0.5, 0.6) is 0 Å². The fourth-order valence-electron chi connectivity index (χ4n) is 1.93. The molecule has 0 amide bonds. The van der Waals surface area contributed by atoms with Crippen molar-refractivity contribution in [2.45, 2.75) is 11.8 Å². The molecule has 4 nitrogen and oxygen atoms in total. The highest BCUT2D eigenvalue weighted by Gasteiger charge is 2.10. The van der Waals surface area contributed by atoms with E-state index >= 15 is 0 Å². The number of aromatic nitrogens is 3. The molecule has 2 heterocycles. The lowest BCUT2D eigenvalue weighted by molar-refractivity contribution is 0.885. The molecular weight excluding hydrogens is 338 g/mol. The first-order chi connectivity index (χ1) is 10.6. The van der Waals surface area contributed by atoms with Gasteiger partial charge in [0.05, 0.1) is 5.03 Å². The summed E-state index contributed by atoms with van der Waals surface area (Å²) >= 11 is 9.32. The van der Waals surface area contributed by atoms with Gasteiger partial charge in [-0.15, -0.1) is 11.8 Å². The molecule has 0 unspecified atom stereocenters. The summed E-state index contributed by atoms with van der Waals surface area (Å²) in [5.41, 5.74) is 1.46. The van der Waals surface area contributed by atoms with Crippen molar-refractivity contribution < 1.29 is 0 Å². The van der Waals surface area contributed by atoms with Gasteiger partial charge in [-0.25, -0.2) is 4.98 Å². The fourth-order valence-corrected chi connectivity index (χ4v) is 3.47. The van der Waals surface area contributed by atoms with E-state index in [1.807, 2.05) is 36.6 Å². The van der Waals surface area contributed by atoms with Crippen molar-refractivity contribution in [2.24, 2.45) is 0 Å². The third-order valence-corrected chi connectivity index (χ3v) is 5.07. The quantitative estimate of drug-likeness (QED) is 0.672. The van der Waals surface area contributed by atoms with E-state index in [1.165, 1.54) is 26.8 Å². The Morgan fingerprint density at radius 1 is 1.36 bits per heavy atom. The molecule has 0 saturated carbocycles. The smallest absolute Gasteiger partial charge is 0.267 e. The molecule has 7 heteroatoms. The van der Waals surface area contributed by atoms with Crippen LogP contribution in [0.3, 0.4) is 0 Å². The molecule has 0 atom stereocenters. The molecule has 0 saturated heterocycles. The lowest BCUT2D eigenvalue weighted by atomic mass is 10.2.